The second-order valence-electron chi connectivity index (χ2n) is 7.70. The van der Waals surface area contributed by atoms with Gasteiger partial charge in [0.15, 0.2) is 6.23 Å². The monoisotopic (exact) mass is 488 g/mol. The van der Waals surface area contributed by atoms with E-state index in [1.165, 1.54) is 36.2 Å². The number of hydrogen-bond acceptors (Lipinski definition) is 10. The summed E-state index contributed by atoms with van der Waals surface area (Å²) in [5, 5.41) is 31.2. The Morgan fingerprint density at radius 2 is 2.06 bits per heavy atom. The minimum Gasteiger partial charge on any atom is -0.495 e. The molecule has 0 aliphatic carbocycles. The summed E-state index contributed by atoms with van der Waals surface area (Å²) >= 11 is 0. The van der Waals surface area contributed by atoms with Crippen molar-refractivity contribution in [3.8, 4) is 11.8 Å². The minimum atomic E-state index is -4.04. The Bertz CT molecular complexity index is 1350. The minimum absolute atomic E-state index is 0.0692. The van der Waals surface area contributed by atoms with Crippen LogP contribution in [0.15, 0.2) is 41.7 Å². The highest BCUT2D eigenvalue weighted by atomic mass is 32.2. The summed E-state index contributed by atoms with van der Waals surface area (Å²) in [7, 11) is -2.65. The molecule has 3 aromatic rings. The Morgan fingerprint density at radius 3 is 2.74 bits per heavy atom. The predicted octanol–water partition coefficient (Wildman–Crippen LogP) is 0.224. The van der Waals surface area contributed by atoms with E-state index in [1.807, 2.05) is 6.07 Å². The molecule has 3 heterocycles. The highest BCUT2D eigenvalue weighted by molar-refractivity contribution is 7.89. The van der Waals surface area contributed by atoms with Crippen molar-refractivity contribution in [3.05, 3.63) is 42.4 Å². The first-order valence-corrected chi connectivity index (χ1v) is 11.8. The van der Waals surface area contributed by atoms with Gasteiger partial charge in [0.2, 0.25) is 10.0 Å². The molecule has 4 N–H and O–H groups in total. The number of rotatable bonds is 7. The van der Waals surface area contributed by atoms with E-state index in [4.69, 9.17) is 15.2 Å². The van der Waals surface area contributed by atoms with E-state index in [9.17, 15) is 23.9 Å². The molecule has 4 atom stereocenters. The van der Waals surface area contributed by atoms with Gasteiger partial charge in [0.1, 0.15) is 47.9 Å². The van der Waals surface area contributed by atoms with E-state index in [0.29, 0.717) is 11.0 Å². The van der Waals surface area contributed by atoms with Crippen LogP contribution in [-0.2, 0) is 14.8 Å². The number of fused-ring (bicyclic) bond motifs is 1. The zero-order valence-electron chi connectivity index (χ0n) is 18.4. The van der Waals surface area contributed by atoms with Gasteiger partial charge >= 0.3 is 0 Å². The Kier molecular flexibility index (Phi) is 6.43. The number of nitrogens with two attached hydrogens (primary N) is 1. The van der Waals surface area contributed by atoms with Crippen molar-refractivity contribution in [2.45, 2.75) is 36.4 Å². The maximum Gasteiger partial charge on any atom is 0.243 e. The molecule has 0 unspecified atom stereocenters. The normalized spacial score (nSPS) is 22.8. The van der Waals surface area contributed by atoms with Crippen LogP contribution >= 0.6 is 0 Å². The van der Waals surface area contributed by atoms with Crippen LogP contribution in [0.5, 0.6) is 5.75 Å². The highest BCUT2D eigenvalue weighted by Gasteiger charge is 2.45. The van der Waals surface area contributed by atoms with Crippen molar-refractivity contribution in [2.24, 2.45) is 0 Å². The Balaban J connectivity index is 1.60. The fraction of sp³-hybridized carbons (Fsp3) is 0.381. The summed E-state index contributed by atoms with van der Waals surface area (Å²) < 4.78 is 40.2. The number of ether oxygens (including phenoxy) is 2. The third-order valence-corrected chi connectivity index (χ3v) is 7.75. The summed E-state index contributed by atoms with van der Waals surface area (Å²) in [4.78, 5) is 8.00. The molecule has 1 aliphatic rings. The van der Waals surface area contributed by atoms with Crippen LogP contribution in [0.3, 0.4) is 0 Å². The van der Waals surface area contributed by atoms with Gasteiger partial charge in [-0.25, -0.2) is 18.4 Å². The maximum absolute atomic E-state index is 13.3. The van der Waals surface area contributed by atoms with Crippen molar-refractivity contribution in [3.63, 3.8) is 0 Å². The highest BCUT2D eigenvalue weighted by Crippen LogP contribution is 2.34. The van der Waals surface area contributed by atoms with Gasteiger partial charge < -0.3 is 30.0 Å². The smallest absolute Gasteiger partial charge is 0.243 e. The molecular weight excluding hydrogens is 464 g/mol. The second-order valence-corrected chi connectivity index (χ2v) is 9.63. The quantitative estimate of drug-likeness (QED) is 0.417. The SMILES string of the molecule is CCN(C[C@H]1O[C@@H](n2ccc3c(N)ncnc32)[C@H](O)[C@@H]1O)S(=O)(=O)c1ccc(OC)c(C#N)c1. The van der Waals surface area contributed by atoms with Gasteiger partial charge in [-0.2, -0.15) is 9.57 Å². The number of nitriles is 1. The van der Waals surface area contributed by atoms with Crippen LogP contribution in [-0.4, -0.2) is 76.0 Å². The van der Waals surface area contributed by atoms with E-state index in [1.54, 1.807) is 19.2 Å². The Labute approximate surface area is 195 Å². The van der Waals surface area contributed by atoms with Crippen molar-refractivity contribution in [2.75, 3.05) is 25.9 Å². The molecular formula is C21H24N6O6S. The van der Waals surface area contributed by atoms with Gasteiger partial charge in [0, 0.05) is 19.3 Å². The molecule has 0 amide bonds. The summed E-state index contributed by atoms with van der Waals surface area (Å²) in [5.74, 6) is 0.515. The number of aliphatic hydroxyl groups is 2. The molecule has 1 aromatic carbocycles. The van der Waals surface area contributed by atoms with Crippen LogP contribution in [0.2, 0.25) is 0 Å². The van der Waals surface area contributed by atoms with Crippen molar-refractivity contribution >= 4 is 26.9 Å². The number of likely N-dealkylation sites (N-methyl/N-ethyl adjacent to an activating group) is 1. The molecule has 0 bridgehead atoms. The zero-order valence-corrected chi connectivity index (χ0v) is 19.3. The predicted molar refractivity (Wildman–Crippen MR) is 120 cm³/mol. The average molecular weight is 489 g/mol. The molecule has 4 rings (SSSR count). The number of nitrogen functional groups attached to an aromatic ring is 1. The first-order chi connectivity index (χ1) is 16.2. The van der Waals surface area contributed by atoms with Crippen molar-refractivity contribution in [1.29, 1.82) is 5.26 Å². The lowest BCUT2D eigenvalue weighted by atomic mass is 10.1. The van der Waals surface area contributed by atoms with E-state index in [-0.39, 0.29) is 35.1 Å². The second kappa shape index (κ2) is 9.16. The third-order valence-electron chi connectivity index (χ3n) is 5.82. The van der Waals surface area contributed by atoms with Gasteiger partial charge in [-0.1, -0.05) is 6.92 Å². The van der Waals surface area contributed by atoms with Gasteiger partial charge in [-0.3, -0.25) is 0 Å². The first-order valence-electron chi connectivity index (χ1n) is 10.4. The number of methoxy groups -OCH3 is 1. The lowest BCUT2D eigenvalue weighted by Gasteiger charge is -2.25. The number of aliphatic hydroxyl groups excluding tert-OH is 2. The molecule has 13 heteroatoms. The lowest BCUT2D eigenvalue weighted by Crippen LogP contribution is -2.42. The molecule has 0 radical (unpaired) electrons. The third kappa shape index (κ3) is 3.95. The van der Waals surface area contributed by atoms with E-state index in [2.05, 4.69) is 9.97 Å². The number of sulfonamides is 1. The molecule has 2 aromatic heterocycles. The number of hydrogen-bond donors (Lipinski definition) is 3. The molecule has 0 spiro atoms. The fourth-order valence-electron chi connectivity index (χ4n) is 3.99. The van der Waals surface area contributed by atoms with Crippen LogP contribution in [0.25, 0.3) is 11.0 Å². The molecule has 180 valence electrons. The molecule has 34 heavy (non-hydrogen) atoms. The summed E-state index contributed by atoms with van der Waals surface area (Å²) in [6.45, 7) is 1.48. The van der Waals surface area contributed by atoms with Crippen molar-refractivity contribution in [1.82, 2.24) is 18.8 Å². The van der Waals surface area contributed by atoms with Crippen LogP contribution < -0.4 is 10.5 Å². The Morgan fingerprint density at radius 1 is 1.29 bits per heavy atom. The van der Waals surface area contributed by atoms with E-state index >= 15 is 0 Å². The largest absolute Gasteiger partial charge is 0.495 e. The standard InChI is InChI=1S/C21H24N6O6S/c1-3-26(34(30,31)13-4-5-15(32-2)12(8-13)9-22)10-16-17(28)18(29)21(33-16)27-7-6-14-19(23)24-11-25-20(14)27/h4-8,11,16-18,21,28-29H,3,10H2,1-2H3,(H2,23,24,25)/t16-,17-,18-,21-/m1/s1. The zero-order chi connectivity index (χ0) is 24.6. The summed E-state index contributed by atoms with van der Waals surface area (Å²) in [6.07, 6.45) is -1.87. The number of nitrogens with zero attached hydrogens (tertiary/aromatic N) is 5. The van der Waals surface area contributed by atoms with Crippen LogP contribution in [0, 0.1) is 11.3 Å². The van der Waals surface area contributed by atoms with Crippen molar-refractivity contribution < 1.29 is 28.1 Å². The molecule has 12 nitrogen and oxygen atoms in total. The number of aromatic nitrogens is 3. The van der Waals surface area contributed by atoms with E-state index in [0.717, 1.165) is 4.31 Å². The Hall–Kier alpha value is -3.28. The first kappa shape index (κ1) is 23.9. The number of benzene rings is 1. The summed E-state index contributed by atoms with van der Waals surface area (Å²) in [5.41, 5.74) is 6.35. The van der Waals surface area contributed by atoms with Crippen LogP contribution in [0.1, 0.15) is 18.7 Å². The van der Waals surface area contributed by atoms with E-state index < -0.39 is 34.6 Å². The fourth-order valence-corrected chi connectivity index (χ4v) is 5.48. The maximum atomic E-state index is 13.3. The molecule has 1 fully saturated rings. The van der Waals surface area contributed by atoms with Gasteiger partial charge in [-0.15, -0.1) is 0 Å². The topological polar surface area (TPSA) is 177 Å². The molecule has 1 aliphatic heterocycles. The molecule has 0 saturated carbocycles. The van der Waals surface area contributed by atoms with Crippen LogP contribution in [0.4, 0.5) is 5.82 Å². The average Bonchev–Trinajstić information content (AvgIpc) is 3.38. The lowest BCUT2D eigenvalue weighted by molar-refractivity contribution is -0.0381. The van der Waals surface area contributed by atoms with Gasteiger partial charge in [-0.05, 0) is 24.3 Å². The van der Waals surface area contributed by atoms with Gasteiger partial charge in [0.25, 0.3) is 0 Å². The summed E-state index contributed by atoms with van der Waals surface area (Å²) in [6, 6.07) is 7.57. The van der Waals surface area contributed by atoms with Gasteiger partial charge in [0.05, 0.1) is 23.0 Å². The molecule has 1 saturated heterocycles. The number of anilines is 1.